The summed E-state index contributed by atoms with van der Waals surface area (Å²) in [6.45, 7) is 3.82. The van der Waals surface area contributed by atoms with Crippen LogP contribution in [0.3, 0.4) is 0 Å². The summed E-state index contributed by atoms with van der Waals surface area (Å²) in [4.78, 5) is 12.9. The van der Waals surface area contributed by atoms with Crippen molar-refractivity contribution >= 4 is 5.91 Å². The summed E-state index contributed by atoms with van der Waals surface area (Å²) in [5, 5.41) is 54.1. The maximum absolute atomic E-state index is 12.9. The van der Waals surface area contributed by atoms with Gasteiger partial charge in [-0.2, -0.15) is 0 Å². The van der Waals surface area contributed by atoms with Crippen LogP contribution in [0.4, 0.5) is 0 Å². The van der Waals surface area contributed by atoms with Gasteiger partial charge in [0.1, 0.15) is 24.4 Å². The maximum atomic E-state index is 12.9. The number of carbonyl (C=O) groups is 1. The minimum atomic E-state index is -1.55. The number of unbranched alkanes of at least 4 members (excludes halogenated alkanes) is 26. The lowest BCUT2D eigenvalue weighted by Gasteiger charge is -2.40. The Labute approximate surface area is 313 Å². The molecule has 51 heavy (non-hydrogen) atoms. The molecule has 2 unspecified atom stereocenters. The predicted molar refractivity (Wildman–Crippen MR) is 208 cm³/mol. The van der Waals surface area contributed by atoms with Crippen LogP contribution in [0, 0.1) is 0 Å². The number of amides is 1. The molecular formula is C42H83NO8. The smallest absolute Gasteiger partial charge is 0.220 e. The molecule has 1 saturated heterocycles. The van der Waals surface area contributed by atoms with E-state index in [-0.39, 0.29) is 12.5 Å². The first-order valence-electron chi connectivity index (χ1n) is 21.7. The molecule has 7 atom stereocenters. The molecule has 0 aliphatic carbocycles. The monoisotopic (exact) mass is 730 g/mol. The fraction of sp³-hybridized carbons (Fsp3) is 0.976. The van der Waals surface area contributed by atoms with Gasteiger partial charge < -0.3 is 40.3 Å². The van der Waals surface area contributed by atoms with Crippen molar-refractivity contribution in [3.8, 4) is 0 Å². The predicted octanol–water partition coefficient (Wildman–Crippen LogP) is 8.39. The molecule has 1 amide bonds. The van der Waals surface area contributed by atoms with Gasteiger partial charge in [-0.15, -0.1) is 0 Å². The van der Waals surface area contributed by atoms with Crippen LogP contribution in [-0.4, -0.2) is 87.5 Å². The number of carbonyl (C=O) groups excluding carboxylic acids is 1. The lowest BCUT2D eigenvalue weighted by molar-refractivity contribution is -0.302. The maximum Gasteiger partial charge on any atom is 0.220 e. The van der Waals surface area contributed by atoms with Crippen LogP contribution in [0.5, 0.6) is 0 Å². The van der Waals surface area contributed by atoms with Gasteiger partial charge in [0.15, 0.2) is 6.29 Å². The molecule has 1 heterocycles. The third-order valence-corrected chi connectivity index (χ3v) is 10.7. The molecule has 1 rings (SSSR count). The van der Waals surface area contributed by atoms with Gasteiger partial charge in [0.05, 0.1) is 25.4 Å². The average molecular weight is 730 g/mol. The fourth-order valence-electron chi connectivity index (χ4n) is 7.16. The van der Waals surface area contributed by atoms with Gasteiger partial charge in [-0.25, -0.2) is 0 Å². The van der Waals surface area contributed by atoms with Gasteiger partial charge >= 0.3 is 0 Å². The molecule has 304 valence electrons. The highest BCUT2D eigenvalue weighted by Crippen LogP contribution is 2.23. The van der Waals surface area contributed by atoms with E-state index in [2.05, 4.69) is 19.2 Å². The zero-order valence-corrected chi connectivity index (χ0v) is 33.1. The van der Waals surface area contributed by atoms with E-state index in [0.29, 0.717) is 12.8 Å². The number of rotatable bonds is 36. The second-order valence-corrected chi connectivity index (χ2v) is 15.5. The number of ether oxygens (including phenoxy) is 2. The second-order valence-electron chi connectivity index (χ2n) is 15.5. The normalized spacial score (nSPS) is 21.9. The molecule has 9 heteroatoms. The molecule has 9 nitrogen and oxygen atoms in total. The minimum Gasteiger partial charge on any atom is -0.394 e. The Morgan fingerprint density at radius 2 is 0.980 bits per heavy atom. The van der Waals surface area contributed by atoms with E-state index in [1.165, 1.54) is 141 Å². The molecule has 1 fully saturated rings. The van der Waals surface area contributed by atoms with Gasteiger partial charge in [0.25, 0.3) is 0 Å². The standard InChI is InChI=1S/C42H83NO8/c1-3-5-7-9-11-13-15-16-17-18-19-20-21-22-24-26-28-30-32-38(46)43-35(34-50-42-41(49)40(48)39(47)37(33-44)51-42)36(45)31-29-27-25-23-14-12-10-8-6-4-2/h35-37,39-42,44-45,47-49H,3-34H2,1-2H3,(H,43,46)/t35-,36+,37+,39+,40?,41?,42+/m0/s1. The van der Waals surface area contributed by atoms with Crippen molar-refractivity contribution in [1.82, 2.24) is 5.32 Å². The van der Waals surface area contributed by atoms with E-state index in [0.717, 1.165) is 38.5 Å². The van der Waals surface area contributed by atoms with Gasteiger partial charge in [0, 0.05) is 6.42 Å². The topological polar surface area (TPSA) is 149 Å². The first-order valence-corrected chi connectivity index (χ1v) is 21.7. The van der Waals surface area contributed by atoms with Crippen molar-refractivity contribution < 1.29 is 39.8 Å². The Kier molecular flexibility index (Phi) is 31.9. The third kappa shape index (κ3) is 25.0. The van der Waals surface area contributed by atoms with Crippen molar-refractivity contribution in [2.75, 3.05) is 13.2 Å². The Morgan fingerprint density at radius 1 is 0.588 bits per heavy atom. The number of aliphatic hydroxyl groups excluding tert-OH is 5. The first-order chi connectivity index (χ1) is 24.8. The zero-order valence-electron chi connectivity index (χ0n) is 33.1. The minimum absolute atomic E-state index is 0.132. The van der Waals surface area contributed by atoms with Crippen LogP contribution < -0.4 is 5.32 Å². The summed E-state index contributed by atoms with van der Waals surface area (Å²) >= 11 is 0. The number of hydrogen-bond donors (Lipinski definition) is 6. The summed E-state index contributed by atoms with van der Waals surface area (Å²) in [5.74, 6) is -0.143. The molecule has 0 saturated carbocycles. The SMILES string of the molecule is CCCCCCCCCCCCCCCCCCCCC(=O)N[C@@H](CO[C@@H]1O[C@H](CO)[C@@H](O)C(O)C1O)[C@H](O)CCCCCCCCCCCC. The Morgan fingerprint density at radius 3 is 1.39 bits per heavy atom. The van der Waals surface area contributed by atoms with Crippen LogP contribution in [0.1, 0.15) is 206 Å². The lowest BCUT2D eigenvalue weighted by atomic mass is 9.99. The molecule has 0 radical (unpaired) electrons. The van der Waals surface area contributed by atoms with Crippen LogP contribution in [0.25, 0.3) is 0 Å². The van der Waals surface area contributed by atoms with Crippen molar-refractivity contribution in [2.45, 2.75) is 249 Å². The van der Waals surface area contributed by atoms with E-state index in [1.807, 2.05) is 0 Å². The van der Waals surface area contributed by atoms with Gasteiger partial charge in [0.2, 0.25) is 5.91 Å². The summed E-state index contributed by atoms with van der Waals surface area (Å²) in [7, 11) is 0. The second kappa shape index (κ2) is 33.7. The number of aliphatic hydroxyl groups is 5. The molecule has 1 aliphatic rings. The molecule has 0 bridgehead atoms. The van der Waals surface area contributed by atoms with Gasteiger partial charge in [-0.3, -0.25) is 4.79 Å². The molecule has 0 spiro atoms. The molecule has 0 aromatic heterocycles. The van der Waals surface area contributed by atoms with Crippen LogP contribution >= 0.6 is 0 Å². The molecule has 0 aromatic carbocycles. The van der Waals surface area contributed by atoms with Gasteiger partial charge in [-0.05, 0) is 12.8 Å². The van der Waals surface area contributed by atoms with E-state index in [1.54, 1.807) is 0 Å². The fourth-order valence-corrected chi connectivity index (χ4v) is 7.16. The first kappa shape index (κ1) is 48.2. The van der Waals surface area contributed by atoms with E-state index in [4.69, 9.17) is 9.47 Å². The Balaban J connectivity index is 2.30. The summed E-state index contributed by atoms with van der Waals surface area (Å²) < 4.78 is 11.2. The molecule has 1 aliphatic heterocycles. The van der Waals surface area contributed by atoms with Crippen LogP contribution in [0.15, 0.2) is 0 Å². The number of hydrogen-bond acceptors (Lipinski definition) is 8. The highest BCUT2D eigenvalue weighted by molar-refractivity contribution is 5.76. The molecular weight excluding hydrogens is 646 g/mol. The van der Waals surface area contributed by atoms with Crippen molar-refractivity contribution in [1.29, 1.82) is 0 Å². The molecule has 6 N–H and O–H groups in total. The van der Waals surface area contributed by atoms with Crippen LogP contribution in [0.2, 0.25) is 0 Å². The largest absolute Gasteiger partial charge is 0.394 e. The van der Waals surface area contributed by atoms with Crippen LogP contribution in [-0.2, 0) is 14.3 Å². The third-order valence-electron chi connectivity index (χ3n) is 10.7. The average Bonchev–Trinajstić information content (AvgIpc) is 3.13. The Bertz CT molecular complexity index is 771. The quantitative estimate of drug-likeness (QED) is 0.0353. The summed E-state index contributed by atoms with van der Waals surface area (Å²) in [6.07, 6.45) is 28.3. The van der Waals surface area contributed by atoms with E-state index < -0.39 is 49.5 Å². The summed E-state index contributed by atoms with van der Waals surface area (Å²) in [5.41, 5.74) is 0. The van der Waals surface area contributed by atoms with E-state index in [9.17, 15) is 30.3 Å². The van der Waals surface area contributed by atoms with Crippen molar-refractivity contribution in [2.24, 2.45) is 0 Å². The highest BCUT2D eigenvalue weighted by atomic mass is 16.7. The lowest BCUT2D eigenvalue weighted by Crippen LogP contribution is -2.60. The Hall–Kier alpha value is -0.810. The highest BCUT2D eigenvalue weighted by Gasteiger charge is 2.44. The van der Waals surface area contributed by atoms with Gasteiger partial charge in [-0.1, -0.05) is 187 Å². The summed E-state index contributed by atoms with van der Waals surface area (Å²) in [6, 6.07) is -0.709. The van der Waals surface area contributed by atoms with Crippen molar-refractivity contribution in [3.63, 3.8) is 0 Å². The number of nitrogens with one attached hydrogen (secondary N) is 1. The zero-order chi connectivity index (χ0) is 37.4. The molecule has 0 aromatic rings. The van der Waals surface area contributed by atoms with E-state index >= 15 is 0 Å². The van der Waals surface area contributed by atoms with Crippen molar-refractivity contribution in [3.05, 3.63) is 0 Å².